The van der Waals surface area contributed by atoms with Crippen LogP contribution < -0.4 is 4.90 Å². The van der Waals surface area contributed by atoms with Gasteiger partial charge in [-0.1, -0.05) is 12.1 Å². The minimum Gasteiger partial charge on any atom is -0.463 e. The summed E-state index contributed by atoms with van der Waals surface area (Å²) in [7, 11) is 0. The fourth-order valence-electron chi connectivity index (χ4n) is 4.01. The lowest BCUT2D eigenvalue weighted by atomic mass is 10.2. The van der Waals surface area contributed by atoms with Crippen molar-refractivity contribution in [3.05, 3.63) is 94.6 Å². The molecule has 34 heavy (non-hydrogen) atoms. The molecule has 0 N–H and O–H groups in total. The van der Waals surface area contributed by atoms with E-state index in [1.165, 1.54) is 29.1 Å². The highest BCUT2D eigenvalue weighted by atomic mass is 19.1. The second-order valence-corrected chi connectivity index (χ2v) is 7.81. The van der Waals surface area contributed by atoms with Gasteiger partial charge in [0.2, 0.25) is 0 Å². The first-order valence-corrected chi connectivity index (χ1v) is 10.7. The zero-order valence-electron chi connectivity index (χ0n) is 18.0. The van der Waals surface area contributed by atoms with Crippen LogP contribution in [0.3, 0.4) is 0 Å². The summed E-state index contributed by atoms with van der Waals surface area (Å²) in [5.74, 6) is -0.0301. The standard InChI is InChI=1S/C24H20FN5O4/c25-19-4-1-2-5-21(19)27-11-13-28(14-12-27)24(31)22-16-20(23-6-3-15-34-23)26-29(22)17-7-9-18(10-8-17)30(32)33/h1-10,15-16H,11-14H2. The van der Waals surface area contributed by atoms with Gasteiger partial charge in [-0.05, 0) is 36.4 Å². The van der Waals surface area contributed by atoms with E-state index in [0.29, 0.717) is 54.7 Å². The average Bonchev–Trinajstić information content (AvgIpc) is 3.55. The highest BCUT2D eigenvalue weighted by molar-refractivity contribution is 5.94. The highest BCUT2D eigenvalue weighted by Crippen LogP contribution is 2.26. The summed E-state index contributed by atoms with van der Waals surface area (Å²) in [4.78, 5) is 27.6. The maximum Gasteiger partial charge on any atom is 0.272 e. The number of hydrogen-bond donors (Lipinski definition) is 0. The van der Waals surface area contributed by atoms with Crippen LogP contribution in [0.5, 0.6) is 0 Å². The van der Waals surface area contributed by atoms with Gasteiger partial charge in [-0.15, -0.1) is 0 Å². The van der Waals surface area contributed by atoms with Gasteiger partial charge in [-0.25, -0.2) is 9.07 Å². The Morgan fingerprint density at radius 1 is 1.00 bits per heavy atom. The van der Waals surface area contributed by atoms with Crippen molar-refractivity contribution in [3.63, 3.8) is 0 Å². The number of anilines is 1. The van der Waals surface area contributed by atoms with Crippen molar-refractivity contribution in [2.75, 3.05) is 31.1 Å². The number of nitro groups is 1. The van der Waals surface area contributed by atoms with E-state index in [2.05, 4.69) is 5.10 Å². The summed E-state index contributed by atoms with van der Waals surface area (Å²) in [5.41, 5.74) is 1.75. The smallest absolute Gasteiger partial charge is 0.272 e. The Morgan fingerprint density at radius 3 is 2.38 bits per heavy atom. The number of nitro benzene ring substituents is 1. The molecule has 0 radical (unpaired) electrons. The van der Waals surface area contributed by atoms with Gasteiger partial charge >= 0.3 is 0 Å². The fourth-order valence-corrected chi connectivity index (χ4v) is 4.01. The number of rotatable bonds is 5. The number of benzene rings is 2. The van der Waals surface area contributed by atoms with Crippen molar-refractivity contribution in [2.45, 2.75) is 0 Å². The van der Waals surface area contributed by atoms with Gasteiger partial charge in [0.25, 0.3) is 11.6 Å². The van der Waals surface area contributed by atoms with E-state index in [1.54, 1.807) is 53.4 Å². The zero-order valence-corrected chi connectivity index (χ0v) is 18.0. The number of carbonyl (C=O) groups is 1. The van der Waals surface area contributed by atoms with Gasteiger partial charge in [0.05, 0.1) is 22.6 Å². The molecular weight excluding hydrogens is 441 g/mol. The molecule has 10 heteroatoms. The molecule has 0 atom stereocenters. The van der Waals surface area contributed by atoms with Crippen molar-refractivity contribution in [1.29, 1.82) is 0 Å². The van der Waals surface area contributed by atoms with Crippen molar-refractivity contribution >= 4 is 17.3 Å². The number of halogens is 1. The van der Waals surface area contributed by atoms with Crippen molar-refractivity contribution in [2.24, 2.45) is 0 Å². The Kier molecular flexibility index (Phi) is 5.54. The van der Waals surface area contributed by atoms with Gasteiger partial charge in [0, 0.05) is 44.4 Å². The molecule has 2 aromatic carbocycles. The van der Waals surface area contributed by atoms with E-state index >= 15 is 0 Å². The van der Waals surface area contributed by atoms with E-state index < -0.39 is 4.92 Å². The van der Waals surface area contributed by atoms with Crippen LogP contribution in [0.15, 0.2) is 77.4 Å². The molecule has 1 fully saturated rings. The first kappa shape index (κ1) is 21.4. The third-order valence-electron chi connectivity index (χ3n) is 5.77. The number of amides is 1. The number of piperazine rings is 1. The minimum atomic E-state index is -0.484. The maximum absolute atomic E-state index is 14.2. The molecule has 1 amide bonds. The predicted molar refractivity (Wildman–Crippen MR) is 122 cm³/mol. The summed E-state index contributed by atoms with van der Waals surface area (Å²) in [6.07, 6.45) is 1.52. The molecule has 1 aliphatic rings. The molecule has 9 nitrogen and oxygen atoms in total. The van der Waals surface area contributed by atoms with E-state index in [1.807, 2.05) is 4.90 Å². The van der Waals surface area contributed by atoms with E-state index in [4.69, 9.17) is 4.42 Å². The number of carbonyl (C=O) groups excluding carboxylic acids is 1. The fraction of sp³-hybridized carbons (Fsp3) is 0.167. The molecule has 4 aromatic rings. The third kappa shape index (κ3) is 4.01. The molecule has 0 aliphatic carbocycles. The van der Waals surface area contributed by atoms with Crippen LogP contribution in [0.4, 0.5) is 15.8 Å². The number of furan rings is 1. The Labute approximate surface area is 193 Å². The Bertz CT molecular complexity index is 1330. The maximum atomic E-state index is 14.2. The van der Waals surface area contributed by atoms with Crippen LogP contribution >= 0.6 is 0 Å². The highest BCUT2D eigenvalue weighted by Gasteiger charge is 2.27. The van der Waals surface area contributed by atoms with E-state index in [0.717, 1.165) is 0 Å². The van der Waals surface area contributed by atoms with Gasteiger partial charge in [0.1, 0.15) is 17.2 Å². The summed E-state index contributed by atoms with van der Waals surface area (Å²) < 4.78 is 21.1. The molecule has 1 aliphatic heterocycles. The van der Waals surface area contributed by atoms with Crippen molar-refractivity contribution in [1.82, 2.24) is 14.7 Å². The number of para-hydroxylation sites is 1. The second-order valence-electron chi connectivity index (χ2n) is 7.81. The van der Waals surface area contributed by atoms with Crippen molar-refractivity contribution in [3.8, 4) is 17.1 Å². The first-order chi connectivity index (χ1) is 16.5. The van der Waals surface area contributed by atoms with Gasteiger partial charge in [-0.2, -0.15) is 5.10 Å². The van der Waals surface area contributed by atoms with E-state index in [-0.39, 0.29) is 17.4 Å². The van der Waals surface area contributed by atoms with Crippen LogP contribution in [0, 0.1) is 15.9 Å². The third-order valence-corrected chi connectivity index (χ3v) is 5.77. The molecule has 1 saturated heterocycles. The lowest BCUT2D eigenvalue weighted by molar-refractivity contribution is -0.384. The van der Waals surface area contributed by atoms with Gasteiger partial charge < -0.3 is 14.2 Å². The topological polar surface area (TPSA) is 97.6 Å². The number of nitrogens with zero attached hydrogens (tertiary/aromatic N) is 5. The summed E-state index contributed by atoms with van der Waals surface area (Å²) in [6.45, 7) is 1.80. The summed E-state index contributed by atoms with van der Waals surface area (Å²) >= 11 is 0. The minimum absolute atomic E-state index is 0.0562. The van der Waals surface area contributed by atoms with E-state index in [9.17, 15) is 19.3 Å². The van der Waals surface area contributed by atoms with Gasteiger partial charge in [-0.3, -0.25) is 14.9 Å². The summed E-state index contributed by atoms with van der Waals surface area (Å²) in [6, 6.07) is 17.5. The SMILES string of the molecule is O=C(c1cc(-c2ccco2)nn1-c1ccc([N+](=O)[O-])cc1)N1CCN(c2ccccc2F)CC1. The largest absolute Gasteiger partial charge is 0.463 e. The van der Waals surface area contributed by atoms with Crippen LogP contribution in [-0.2, 0) is 0 Å². The quantitative estimate of drug-likeness (QED) is 0.327. The molecule has 0 bridgehead atoms. The Morgan fingerprint density at radius 2 is 1.74 bits per heavy atom. The van der Waals surface area contributed by atoms with Crippen LogP contribution in [0.2, 0.25) is 0 Å². The molecule has 2 aromatic heterocycles. The molecule has 0 spiro atoms. The van der Waals surface area contributed by atoms with Crippen LogP contribution in [0.1, 0.15) is 10.5 Å². The monoisotopic (exact) mass is 461 g/mol. The zero-order chi connectivity index (χ0) is 23.7. The molecular formula is C24H20FN5O4. The Balaban J connectivity index is 1.42. The lowest BCUT2D eigenvalue weighted by Gasteiger charge is -2.36. The number of hydrogen-bond acceptors (Lipinski definition) is 6. The first-order valence-electron chi connectivity index (χ1n) is 10.7. The summed E-state index contributed by atoms with van der Waals surface area (Å²) in [5, 5.41) is 15.6. The molecule has 172 valence electrons. The van der Waals surface area contributed by atoms with Gasteiger partial charge in [0.15, 0.2) is 5.76 Å². The molecule has 5 rings (SSSR count). The number of non-ortho nitro benzene ring substituents is 1. The molecule has 3 heterocycles. The normalized spacial score (nSPS) is 13.8. The average molecular weight is 461 g/mol. The Hall–Kier alpha value is -4.47. The molecule has 0 unspecified atom stereocenters. The molecule has 0 saturated carbocycles. The lowest BCUT2D eigenvalue weighted by Crippen LogP contribution is -2.49. The van der Waals surface area contributed by atoms with Crippen LogP contribution in [-0.4, -0.2) is 51.7 Å². The van der Waals surface area contributed by atoms with Crippen LogP contribution in [0.25, 0.3) is 17.1 Å². The van der Waals surface area contributed by atoms with Crippen molar-refractivity contribution < 1.29 is 18.5 Å². The second kappa shape index (κ2) is 8.81. The number of aromatic nitrogens is 2. The predicted octanol–water partition coefficient (Wildman–Crippen LogP) is 4.14.